The fraction of sp³-hybridized carbons (Fsp3) is 0.542. The fourth-order valence-corrected chi connectivity index (χ4v) is 4.01. The number of allylic oxidation sites excluding steroid dienone is 2. The molecule has 1 aromatic carbocycles. The maximum atomic E-state index is 14.5. The minimum atomic E-state index is -0.993. The van der Waals surface area contributed by atoms with Gasteiger partial charge in [0.2, 0.25) is 0 Å². The number of ether oxygens (including phenoxy) is 1. The van der Waals surface area contributed by atoms with E-state index < -0.39 is 11.8 Å². The van der Waals surface area contributed by atoms with Crippen LogP contribution in [-0.2, 0) is 11.3 Å². The zero-order valence-corrected chi connectivity index (χ0v) is 18.5. The molecular formula is C24H34FN3O2. The van der Waals surface area contributed by atoms with Crippen LogP contribution in [0.5, 0.6) is 0 Å². The second kappa shape index (κ2) is 9.31. The molecule has 0 aromatic heterocycles. The highest BCUT2D eigenvalue weighted by atomic mass is 19.1. The zero-order valence-electron chi connectivity index (χ0n) is 18.5. The Balaban J connectivity index is 1.64. The smallest absolute Gasteiger partial charge is 0.410 e. The molecule has 0 saturated carbocycles. The number of rotatable bonds is 4. The van der Waals surface area contributed by atoms with Crippen LogP contribution in [0.25, 0.3) is 5.57 Å². The molecule has 164 valence electrons. The van der Waals surface area contributed by atoms with Crippen molar-refractivity contribution in [2.45, 2.75) is 58.5 Å². The summed E-state index contributed by atoms with van der Waals surface area (Å²) in [5.41, 5.74) is 9.00. The van der Waals surface area contributed by atoms with Crippen molar-refractivity contribution in [1.82, 2.24) is 9.80 Å². The summed E-state index contributed by atoms with van der Waals surface area (Å²) in [6.45, 7) is 11.1. The summed E-state index contributed by atoms with van der Waals surface area (Å²) in [5.74, 6) is 0. The predicted octanol–water partition coefficient (Wildman–Crippen LogP) is 4.14. The molecule has 2 atom stereocenters. The molecule has 1 aromatic rings. The number of piperazine rings is 1. The predicted molar refractivity (Wildman–Crippen MR) is 119 cm³/mol. The van der Waals surface area contributed by atoms with Crippen LogP contribution in [-0.4, -0.2) is 59.9 Å². The number of halogens is 1. The van der Waals surface area contributed by atoms with Gasteiger partial charge in [0.05, 0.1) is 0 Å². The molecule has 1 amide bonds. The van der Waals surface area contributed by atoms with Gasteiger partial charge in [-0.15, -0.1) is 0 Å². The largest absolute Gasteiger partial charge is 0.444 e. The third kappa shape index (κ3) is 5.70. The van der Waals surface area contributed by atoms with E-state index in [9.17, 15) is 9.18 Å². The molecule has 2 N–H and O–H groups in total. The molecule has 1 heterocycles. The molecule has 2 aliphatic rings. The monoisotopic (exact) mass is 415 g/mol. The number of hydrogen-bond acceptors (Lipinski definition) is 4. The Labute approximate surface area is 179 Å². The molecule has 1 aliphatic carbocycles. The SMILES string of the molecule is C[C@H]1CN(Cc2cccc(C3=CC(CN)=CCC3F)c2)CCN1C(=O)OC(C)(C)C. The molecule has 1 saturated heterocycles. The van der Waals surface area contributed by atoms with Crippen LogP contribution in [0.3, 0.4) is 0 Å². The minimum Gasteiger partial charge on any atom is -0.444 e. The molecule has 30 heavy (non-hydrogen) atoms. The van der Waals surface area contributed by atoms with Gasteiger partial charge in [-0.1, -0.05) is 36.4 Å². The van der Waals surface area contributed by atoms with E-state index in [-0.39, 0.29) is 12.1 Å². The van der Waals surface area contributed by atoms with Crippen LogP contribution in [0, 0.1) is 0 Å². The Morgan fingerprint density at radius 3 is 2.73 bits per heavy atom. The zero-order chi connectivity index (χ0) is 21.9. The van der Waals surface area contributed by atoms with Crippen LogP contribution in [0.4, 0.5) is 9.18 Å². The number of hydrogen-bond donors (Lipinski definition) is 1. The summed E-state index contributed by atoms with van der Waals surface area (Å²) >= 11 is 0. The van der Waals surface area contributed by atoms with Gasteiger partial charge in [-0.05, 0) is 50.0 Å². The average Bonchev–Trinajstić information content (AvgIpc) is 2.67. The molecule has 1 fully saturated rings. The van der Waals surface area contributed by atoms with Crippen molar-refractivity contribution in [3.63, 3.8) is 0 Å². The highest BCUT2D eigenvalue weighted by Gasteiger charge is 2.30. The summed E-state index contributed by atoms with van der Waals surface area (Å²) in [6, 6.07) is 8.17. The third-order valence-corrected chi connectivity index (χ3v) is 5.51. The van der Waals surface area contributed by atoms with Gasteiger partial charge in [-0.3, -0.25) is 4.90 Å². The van der Waals surface area contributed by atoms with Crippen molar-refractivity contribution >= 4 is 11.7 Å². The van der Waals surface area contributed by atoms with Crippen LogP contribution < -0.4 is 5.73 Å². The van der Waals surface area contributed by atoms with Gasteiger partial charge in [-0.2, -0.15) is 0 Å². The molecule has 6 heteroatoms. The van der Waals surface area contributed by atoms with Crippen molar-refractivity contribution in [3.05, 3.63) is 53.1 Å². The molecule has 0 bridgehead atoms. The maximum absolute atomic E-state index is 14.5. The number of nitrogens with two attached hydrogens (primary N) is 1. The van der Waals surface area contributed by atoms with E-state index in [1.165, 1.54) is 0 Å². The molecule has 0 radical (unpaired) electrons. The van der Waals surface area contributed by atoms with E-state index in [0.717, 1.165) is 36.3 Å². The van der Waals surface area contributed by atoms with E-state index >= 15 is 0 Å². The number of alkyl halides is 1. The summed E-state index contributed by atoms with van der Waals surface area (Å²) in [5, 5.41) is 0. The second-order valence-electron chi connectivity index (χ2n) is 9.24. The lowest BCUT2D eigenvalue weighted by molar-refractivity contribution is 0.000562. The van der Waals surface area contributed by atoms with Crippen LogP contribution in [0.2, 0.25) is 0 Å². The summed E-state index contributed by atoms with van der Waals surface area (Å²) < 4.78 is 20.0. The van der Waals surface area contributed by atoms with Crippen molar-refractivity contribution in [2.75, 3.05) is 26.2 Å². The maximum Gasteiger partial charge on any atom is 0.410 e. The van der Waals surface area contributed by atoms with Crippen molar-refractivity contribution < 1.29 is 13.9 Å². The first-order valence-corrected chi connectivity index (χ1v) is 10.7. The highest BCUT2D eigenvalue weighted by Crippen LogP contribution is 2.30. The standard InChI is InChI=1S/C24H34FN3O2/c1-17-15-27(10-11-28(17)23(29)30-24(2,3)4)16-19-6-5-7-20(12-19)21-13-18(14-26)8-9-22(21)25/h5-8,12-13,17,22H,9-11,14-16,26H2,1-4H3/t17-,22?/m0/s1. The molecular weight excluding hydrogens is 381 g/mol. The van der Waals surface area contributed by atoms with Crippen molar-refractivity contribution in [2.24, 2.45) is 5.73 Å². The minimum absolute atomic E-state index is 0.0744. The number of carbonyl (C=O) groups excluding carboxylic acids is 1. The number of nitrogens with zero attached hydrogens (tertiary/aromatic N) is 2. The number of benzene rings is 1. The molecule has 1 unspecified atom stereocenters. The molecule has 0 spiro atoms. The van der Waals surface area contributed by atoms with Crippen molar-refractivity contribution in [1.29, 1.82) is 0 Å². The lowest BCUT2D eigenvalue weighted by Crippen LogP contribution is -2.54. The summed E-state index contributed by atoms with van der Waals surface area (Å²) in [4.78, 5) is 16.6. The van der Waals surface area contributed by atoms with E-state index in [1.807, 2.05) is 52.0 Å². The summed E-state index contributed by atoms with van der Waals surface area (Å²) in [6.07, 6.45) is 2.90. The normalized spacial score (nSPS) is 23.1. The van der Waals surface area contributed by atoms with Crippen LogP contribution in [0.15, 0.2) is 42.0 Å². The van der Waals surface area contributed by atoms with Gasteiger partial charge in [0.25, 0.3) is 0 Å². The Kier molecular flexibility index (Phi) is 6.98. The summed E-state index contributed by atoms with van der Waals surface area (Å²) in [7, 11) is 0. The van der Waals surface area contributed by atoms with Gasteiger partial charge < -0.3 is 15.4 Å². The highest BCUT2D eigenvalue weighted by molar-refractivity contribution is 5.73. The van der Waals surface area contributed by atoms with E-state index in [0.29, 0.717) is 25.1 Å². The van der Waals surface area contributed by atoms with Gasteiger partial charge >= 0.3 is 6.09 Å². The molecule has 1 aliphatic heterocycles. The van der Waals surface area contributed by atoms with Gasteiger partial charge in [0.1, 0.15) is 11.8 Å². The fourth-order valence-electron chi connectivity index (χ4n) is 4.01. The molecule has 3 rings (SSSR count). The third-order valence-electron chi connectivity index (χ3n) is 5.51. The van der Waals surface area contributed by atoms with E-state index in [2.05, 4.69) is 17.0 Å². The van der Waals surface area contributed by atoms with Crippen LogP contribution in [0.1, 0.15) is 45.2 Å². The number of amides is 1. The lowest BCUT2D eigenvalue weighted by Gasteiger charge is -2.40. The van der Waals surface area contributed by atoms with Crippen molar-refractivity contribution in [3.8, 4) is 0 Å². The Morgan fingerprint density at radius 1 is 1.30 bits per heavy atom. The Morgan fingerprint density at radius 2 is 2.07 bits per heavy atom. The van der Waals surface area contributed by atoms with E-state index in [4.69, 9.17) is 10.5 Å². The van der Waals surface area contributed by atoms with E-state index in [1.54, 1.807) is 4.90 Å². The van der Waals surface area contributed by atoms with Gasteiger partial charge in [0.15, 0.2) is 0 Å². The number of carbonyl (C=O) groups is 1. The Bertz CT molecular complexity index is 828. The van der Waals surface area contributed by atoms with Crippen LogP contribution >= 0.6 is 0 Å². The quantitative estimate of drug-likeness (QED) is 0.803. The first-order valence-electron chi connectivity index (χ1n) is 10.7. The Hall–Kier alpha value is -2.18. The average molecular weight is 416 g/mol. The topological polar surface area (TPSA) is 58.8 Å². The second-order valence-corrected chi connectivity index (χ2v) is 9.24. The molecule has 5 nitrogen and oxygen atoms in total. The van der Waals surface area contributed by atoms with Gasteiger partial charge in [-0.25, -0.2) is 9.18 Å². The lowest BCUT2D eigenvalue weighted by atomic mass is 9.91. The first-order chi connectivity index (χ1) is 14.2. The first kappa shape index (κ1) is 22.5. The van der Waals surface area contributed by atoms with Gasteiger partial charge in [0, 0.05) is 45.2 Å².